The van der Waals surface area contributed by atoms with Gasteiger partial charge in [0.1, 0.15) is 5.76 Å². The van der Waals surface area contributed by atoms with E-state index in [0.29, 0.717) is 11.8 Å². The van der Waals surface area contributed by atoms with Crippen LogP contribution in [0.2, 0.25) is 0 Å². The van der Waals surface area contributed by atoms with Crippen molar-refractivity contribution in [1.82, 2.24) is 0 Å². The van der Waals surface area contributed by atoms with Gasteiger partial charge in [0.2, 0.25) is 0 Å². The fourth-order valence-electron chi connectivity index (χ4n) is 2.78. The van der Waals surface area contributed by atoms with Gasteiger partial charge in [0.25, 0.3) is 0 Å². The van der Waals surface area contributed by atoms with Gasteiger partial charge in [-0.25, -0.2) is 0 Å². The molecule has 92 valence electrons. The predicted octanol–water partition coefficient (Wildman–Crippen LogP) is 3.21. The lowest BCUT2D eigenvalue weighted by molar-refractivity contribution is 0.298. The number of benzene rings is 1. The second-order valence-corrected chi connectivity index (χ2v) is 4.87. The van der Waals surface area contributed by atoms with E-state index in [1.54, 1.807) is 7.11 Å². The molecule has 18 heavy (non-hydrogen) atoms. The lowest BCUT2D eigenvalue weighted by Crippen LogP contribution is -2.21. The van der Waals surface area contributed by atoms with Crippen molar-refractivity contribution in [1.29, 1.82) is 0 Å². The third-order valence-corrected chi connectivity index (χ3v) is 3.81. The maximum absolute atomic E-state index is 5.28. The van der Waals surface area contributed by atoms with Crippen LogP contribution in [-0.2, 0) is 4.74 Å². The SMILES string of the molecule is COC1=C[C@H]2N=C(c3ccccc3)C(C)[C@H]2C=C1. The summed E-state index contributed by atoms with van der Waals surface area (Å²) in [6.45, 7) is 2.26. The Balaban J connectivity index is 1.95. The van der Waals surface area contributed by atoms with Crippen molar-refractivity contribution < 1.29 is 4.74 Å². The monoisotopic (exact) mass is 239 g/mol. The van der Waals surface area contributed by atoms with Crippen molar-refractivity contribution in [2.75, 3.05) is 7.11 Å². The molecule has 2 heteroatoms. The molecule has 1 aromatic carbocycles. The van der Waals surface area contributed by atoms with Gasteiger partial charge in [0, 0.05) is 17.5 Å². The average Bonchev–Trinajstić information content (AvgIpc) is 2.76. The van der Waals surface area contributed by atoms with Crippen molar-refractivity contribution in [3.05, 3.63) is 59.9 Å². The number of nitrogens with zero attached hydrogens (tertiary/aromatic N) is 1. The van der Waals surface area contributed by atoms with Crippen molar-refractivity contribution in [2.45, 2.75) is 13.0 Å². The van der Waals surface area contributed by atoms with Crippen molar-refractivity contribution in [3.8, 4) is 0 Å². The minimum absolute atomic E-state index is 0.232. The molecule has 0 saturated heterocycles. The first-order valence-electron chi connectivity index (χ1n) is 6.36. The molecular formula is C16H17NO. The van der Waals surface area contributed by atoms with Crippen LogP contribution < -0.4 is 0 Å². The van der Waals surface area contributed by atoms with Crippen molar-refractivity contribution in [3.63, 3.8) is 0 Å². The molecule has 2 nitrogen and oxygen atoms in total. The molecule has 0 N–H and O–H groups in total. The summed E-state index contributed by atoms with van der Waals surface area (Å²) in [6, 6.07) is 10.7. The standard InChI is InChI=1S/C16H17NO/c1-11-14-9-8-13(18-2)10-15(14)17-16(11)12-6-4-3-5-7-12/h3-11,14-15H,1-2H3/t11?,14-,15-/m1/s1. The Labute approximate surface area is 108 Å². The van der Waals surface area contributed by atoms with Gasteiger partial charge in [-0.1, -0.05) is 43.3 Å². The van der Waals surface area contributed by atoms with Gasteiger partial charge in [-0.3, -0.25) is 4.99 Å². The van der Waals surface area contributed by atoms with Crippen LogP contribution in [0.4, 0.5) is 0 Å². The van der Waals surface area contributed by atoms with E-state index < -0.39 is 0 Å². The highest BCUT2D eigenvalue weighted by Crippen LogP contribution is 2.35. The number of aliphatic imine (C=N–C) groups is 1. The molecule has 0 aromatic heterocycles. The molecule has 0 radical (unpaired) electrons. The van der Waals surface area contributed by atoms with Crippen LogP contribution >= 0.6 is 0 Å². The summed E-state index contributed by atoms with van der Waals surface area (Å²) in [4.78, 5) is 4.87. The summed E-state index contributed by atoms with van der Waals surface area (Å²) in [5.74, 6) is 1.85. The molecule has 2 aliphatic rings. The van der Waals surface area contributed by atoms with Crippen LogP contribution in [0.5, 0.6) is 0 Å². The number of rotatable bonds is 2. The van der Waals surface area contributed by atoms with Gasteiger partial charge in [0.15, 0.2) is 0 Å². The highest BCUT2D eigenvalue weighted by Gasteiger charge is 2.35. The molecule has 1 aliphatic heterocycles. The summed E-state index contributed by atoms with van der Waals surface area (Å²) in [5.41, 5.74) is 2.45. The van der Waals surface area contributed by atoms with Crippen LogP contribution in [0, 0.1) is 11.8 Å². The first-order valence-corrected chi connectivity index (χ1v) is 6.36. The maximum Gasteiger partial charge on any atom is 0.116 e. The fraction of sp³-hybridized carbons (Fsp3) is 0.312. The summed E-state index contributed by atoms with van der Waals surface area (Å²) in [7, 11) is 1.71. The van der Waals surface area contributed by atoms with E-state index in [2.05, 4.69) is 49.4 Å². The third kappa shape index (κ3) is 1.78. The van der Waals surface area contributed by atoms with Crippen LogP contribution in [0.25, 0.3) is 0 Å². The molecule has 0 spiro atoms. The zero-order valence-electron chi connectivity index (χ0n) is 10.7. The van der Waals surface area contributed by atoms with E-state index in [0.717, 1.165) is 5.76 Å². The number of ether oxygens (including phenoxy) is 1. The topological polar surface area (TPSA) is 21.6 Å². The quantitative estimate of drug-likeness (QED) is 0.776. The molecular weight excluding hydrogens is 222 g/mol. The van der Waals surface area contributed by atoms with Crippen LogP contribution in [0.15, 0.2) is 59.3 Å². The average molecular weight is 239 g/mol. The number of fused-ring (bicyclic) bond motifs is 1. The number of methoxy groups -OCH3 is 1. The molecule has 1 unspecified atom stereocenters. The Morgan fingerprint density at radius 2 is 1.94 bits per heavy atom. The lowest BCUT2D eigenvalue weighted by atomic mass is 9.84. The third-order valence-electron chi connectivity index (χ3n) is 3.81. The number of hydrogen-bond donors (Lipinski definition) is 0. The van der Waals surface area contributed by atoms with Crippen LogP contribution in [-0.4, -0.2) is 18.9 Å². The van der Waals surface area contributed by atoms with Crippen LogP contribution in [0.3, 0.4) is 0 Å². The molecule has 1 heterocycles. The van der Waals surface area contributed by atoms with Gasteiger partial charge in [-0.15, -0.1) is 0 Å². The van der Waals surface area contributed by atoms with Gasteiger partial charge in [-0.05, 0) is 17.7 Å². The Morgan fingerprint density at radius 3 is 2.67 bits per heavy atom. The first kappa shape index (κ1) is 11.3. The molecule has 0 fully saturated rings. The molecule has 0 saturated carbocycles. The van der Waals surface area contributed by atoms with E-state index >= 15 is 0 Å². The Morgan fingerprint density at radius 1 is 1.17 bits per heavy atom. The second kappa shape index (κ2) is 4.45. The smallest absolute Gasteiger partial charge is 0.116 e. The van der Waals surface area contributed by atoms with Crippen molar-refractivity contribution in [2.24, 2.45) is 16.8 Å². The molecule has 0 amide bonds. The van der Waals surface area contributed by atoms with E-state index in [4.69, 9.17) is 9.73 Å². The van der Waals surface area contributed by atoms with Crippen LogP contribution in [0.1, 0.15) is 12.5 Å². The van der Waals surface area contributed by atoms with Gasteiger partial charge >= 0.3 is 0 Å². The summed E-state index contributed by atoms with van der Waals surface area (Å²) in [6.07, 6.45) is 6.41. The molecule has 3 atom stereocenters. The van der Waals surface area contributed by atoms with E-state index in [-0.39, 0.29) is 6.04 Å². The highest BCUT2D eigenvalue weighted by molar-refractivity contribution is 6.03. The maximum atomic E-state index is 5.28. The molecule has 0 bridgehead atoms. The predicted molar refractivity (Wildman–Crippen MR) is 73.7 cm³/mol. The van der Waals surface area contributed by atoms with Gasteiger partial charge in [-0.2, -0.15) is 0 Å². The molecule has 1 aliphatic carbocycles. The Bertz CT molecular complexity index is 527. The van der Waals surface area contributed by atoms with Gasteiger partial charge in [0.05, 0.1) is 13.2 Å². The Hall–Kier alpha value is -1.83. The number of allylic oxidation sites excluding steroid dienone is 1. The second-order valence-electron chi connectivity index (χ2n) is 4.87. The minimum atomic E-state index is 0.232. The van der Waals surface area contributed by atoms with E-state index in [9.17, 15) is 0 Å². The highest BCUT2D eigenvalue weighted by atomic mass is 16.5. The lowest BCUT2D eigenvalue weighted by Gasteiger charge is -2.20. The normalized spacial score (nSPS) is 29.6. The summed E-state index contributed by atoms with van der Waals surface area (Å²) in [5, 5.41) is 0. The minimum Gasteiger partial charge on any atom is -0.497 e. The molecule has 1 aromatic rings. The zero-order chi connectivity index (χ0) is 12.5. The van der Waals surface area contributed by atoms with E-state index in [1.807, 2.05) is 6.07 Å². The Kier molecular flexibility index (Phi) is 2.78. The number of hydrogen-bond acceptors (Lipinski definition) is 2. The summed E-state index contributed by atoms with van der Waals surface area (Å²) < 4.78 is 5.28. The largest absolute Gasteiger partial charge is 0.497 e. The summed E-state index contributed by atoms with van der Waals surface area (Å²) >= 11 is 0. The molecule has 3 rings (SSSR count). The fourth-order valence-corrected chi connectivity index (χ4v) is 2.78. The van der Waals surface area contributed by atoms with E-state index in [1.165, 1.54) is 11.3 Å². The van der Waals surface area contributed by atoms with Crippen molar-refractivity contribution >= 4 is 5.71 Å². The first-order chi connectivity index (χ1) is 8.79. The zero-order valence-corrected chi connectivity index (χ0v) is 10.7. The van der Waals surface area contributed by atoms with Gasteiger partial charge < -0.3 is 4.74 Å².